The summed E-state index contributed by atoms with van der Waals surface area (Å²) in [5.74, 6) is 2.19. The normalized spacial score (nSPS) is 27.5. The number of dihydropyridines is 1. The molecule has 2 aliphatic heterocycles. The number of nitrogens with one attached hydrogen (secondary N) is 1. The summed E-state index contributed by atoms with van der Waals surface area (Å²) in [6, 6.07) is 0.492. The second-order valence-electron chi connectivity index (χ2n) is 9.14. The molecular formula is C23H35ClN6O. The molecular weight excluding hydrogens is 412 g/mol. The summed E-state index contributed by atoms with van der Waals surface area (Å²) in [5, 5.41) is 4.37. The molecule has 31 heavy (non-hydrogen) atoms. The number of halogens is 1. The van der Waals surface area contributed by atoms with Crippen molar-refractivity contribution in [2.24, 2.45) is 22.6 Å². The van der Waals surface area contributed by atoms with E-state index in [1.54, 1.807) is 6.21 Å². The Morgan fingerprint density at radius 2 is 1.90 bits per heavy atom. The Bertz CT molecular complexity index is 786. The highest BCUT2D eigenvalue weighted by Crippen LogP contribution is 2.30. The summed E-state index contributed by atoms with van der Waals surface area (Å²) in [6.45, 7) is 3.47. The second kappa shape index (κ2) is 10.9. The molecule has 170 valence electrons. The van der Waals surface area contributed by atoms with Gasteiger partial charge in [-0.15, -0.1) is 0 Å². The van der Waals surface area contributed by atoms with Crippen LogP contribution in [0.25, 0.3) is 5.57 Å². The van der Waals surface area contributed by atoms with E-state index in [4.69, 9.17) is 27.1 Å². The van der Waals surface area contributed by atoms with Crippen molar-refractivity contribution in [3.05, 3.63) is 23.1 Å². The Hall–Kier alpha value is -1.54. The molecule has 3 heterocycles. The summed E-state index contributed by atoms with van der Waals surface area (Å²) < 4.78 is 5.48. The monoisotopic (exact) mass is 446 g/mol. The van der Waals surface area contributed by atoms with Gasteiger partial charge in [-0.25, -0.2) is 4.98 Å². The molecule has 0 aromatic carbocycles. The van der Waals surface area contributed by atoms with Crippen LogP contribution in [0.5, 0.6) is 0 Å². The van der Waals surface area contributed by atoms with E-state index in [-0.39, 0.29) is 6.17 Å². The zero-order valence-corrected chi connectivity index (χ0v) is 19.2. The van der Waals surface area contributed by atoms with Crippen LogP contribution in [0.4, 0.5) is 5.82 Å². The van der Waals surface area contributed by atoms with Crippen LogP contribution in [0.2, 0.25) is 0 Å². The summed E-state index contributed by atoms with van der Waals surface area (Å²) in [7, 11) is 2.09. The first kappa shape index (κ1) is 22.6. The quantitative estimate of drug-likeness (QED) is 0.668. The van der Waals surface area contributed by atoms with Gasteiger partial charge in [0, 0.05) is 51.1 Å². The van der Waals surface area contributed by atoms with Crippen molar-refractivity contribution in [2.45, 2.75) is 57.2 Å². The fourth-order valence-corrected chi connectivity index (χ4v) is 5.07. The van der Waals surface area contributed by atoms with Gasteiger partial charge >= 0.3 is 0 Å². The number of nitrogens with two attached hydrogens (primary N) is 1. The lowest BCUT2D eigenvalue weighted by Crippen LogP contribution is -2.41. The van der Waals surface area contributed by atoms with Crippen molar-refractivity contribution in [1.29, 1.82) is 0 Å². The third kappa shape index (κ3) is 6.04. The first-order valence-electron chi connectivity index (χ1n) is 11.6. The van der Waals surface area contributed by atoms with Crippen LogP contribution in [0.1, 0.15) is 50.6 Å². The van der Waals surface area contributed by atoms with E-state index in [9.17, 15) is 0 Å². The Morgan fingerprint density at radius 1 is 1.13 bits per heavy atom. The molecule has 2 fully saturated rings. The van der Waals surface area contributed by atoms with Crippen molar-refractivity contribution in [3.63, 3.8) is 0 Å². The minimum absolute atomic E-state index is 0.0300. The second-order valence-corrected chi connectivity index (χ2v) is 9.55. The van der Waals surface area contributed by atoms with E-state index >= 15 is 0 Å². The third-order valence-corrected chi connectivity index (χ3v) is 7.18. The average Bonchev–Trinajstić information content (AvgIpc) is 2.81. The van der Waals surface area contributed by atoms with Crippen molar-refractivity contribution in [1.82, 2.24) is 15.3 Å². The first-order valence-corrected chi connectivity index (χ1v) is 12.0. The molecule has 1 aliphatic carbocycles. The van der Waals surface area contributed by atoms with Crippen LogP contribution in [0, 0.1) is 11.8 Å². The van der Waals surface area contributed by atoms with Gasteiger partial charge in [0.15, 0.2) is 0 Å². The molecule has 7 nitrogen and oxygen atoms in total. The van der Waals surface area contributed by atoms with Crippen LogP contribution in [-0.2, 0) is 4.74 Å². The summed E-state index contributed by atoms with van der Waals surface area (Å²) in [5.41, 5.74) is 7.68. The number of hydrogen-bond acceptors (Lipinski definition) is 7. The molecule has 4 rings (SSSR count). The van der Waals surface area contributed by atoms with E-state index < -0.39 is 0 Å². The maximum atomic E-state index is 6.54. The minimum Gasteiger partial charge on any atom is -0.381 e. The number of anilines is 1. The molecule has 0 radical (unpaired) electrons. The first-order chi connectivity index (χ1) is 15.1. The van der Waals surface area contributed by atoms with Gasteiger partial charge in [-0.2, -0.15) is 0 Å². The molecule has 0 bridgehead atoms. The van der Waals surface area contributed by atoms with E-state index in [0.29, 0.717) is 22.9 Å². The molecule has 1 aromatic heterocycles. The average molecular weight is 447 g/mol. The van der Waals surface area contributed by atoms with Gasteiger partial charge in [-0.3, -0.25) is 15.3 Å². The van der Waals surface area contributed by atoms with E-state index in [2.05, 4.69) is 27.2 Å². The lowest BCUT2D eigenvalue weighted by atomic mass is 9.86. The number of rotatable bonds is 7. The highest BCUT2D eigenvalue weighted by Gasteiger charge is 2.26. The lowest BCUT2D eigenvalue weighted by molar-refractivity contribution is 0.0685. The molecule has 3 aliphatic rings. The molecule has 1 saturated carbocycles. The smallest absolute Gasteiger partial charge is 0.147 e. The zero-order valence-electron chi connectivity index (χ0n) is 18.5. The number of ether oxygens (including phenoxy) is 1. The van der Waals surface area contributed by atoms with Crippen molar-refractivity contribution >= 4 is 29.2 Å². The Balaban J connectivity index is 1.38. The van der Waals surface area contributed by atoms with Gasteiger partial charge < -0.3 is 15.4 Å². The molecule has 3 N–H and O–H groups in total. The van der Waals surface area contributed by atoms with Gasteiger partial charge in [-0.05, 0) is 56.9 Å². The Morgan fingerprint density at radius 3 is 2.65 bits per heavy atom. The number of hydrogen-bond donors (Lipinski definition) is 2. The fourth-order valence-electron chi connectivity index (χ4n) is 4.84. The van der Waals surface area contributed by atoms with Crippen LogP contribution in [-0.4, -0.2) is 61.7 Å². The van der Waals surface area contributed by atoms with Gasteiger partial charge in [-0.1, -0.05) is 11.6 Å². The van der Waals surface area contributed by atoms with Crippen molar-refractivity contribution < 1.29 is 4.74 Å². The third-order valence-electron chi connectivity index (χ3n) is 6.86. The molecule has 8 heteroatoms. The van der Waals surface area contributed by atoms with Crippen LogP contribution >= 0.6 is 11.6 Å². The van der Waals surface area contributed by atoms with Crippen molar-refractivity contribution in [2.75, 3.05) is 38.3 Å². The topological polar surface area (TPSA) is 88.7 Å². The van der Waals surface area contributed by atoms with Gasteiger partial charge in [0.1, 0.15) is 12.0 Å². The van der Waals surface area contributed by atoms with Crippen LogP contribution in [0.15, 0.2) is 22.4 Å². The molecule has 0 amide bonds. The number of allylic oxidation sites excluding steroid dienone is 1. The highest BCUT2D eigenvalue weighted by molar-refractivity contribution is 6.42. The van der Waals surface area contributed by atoms with Gasteiger partial charge in [0.05, 0.1) is 23.1 Å². The summed E-state index contributed by atoms with van der Waals surface area (Å²) in [4.78, 5) is 16.2. The Kier molecular flexibility index (Phi) is 7.93. The lowest BCUT2D eigenvalue weighted by Gasteiger charge is -2.31. The zero-order chi connectivity index (χ0) is 21.6. The van der Waals surface area contributed by atoms with E-state index in [0.717, 1.165) is 75.5 Å². The molecule has 1 saturated heterocycles. The maximum Gasteiger partial charge on any atom is 0.147 e. The summed E-state index contributed by atoms with van der Waals surface area (Å²) in [6.07, 6.45) is 13.1. The minimum atomic E-state index is 0.0300. The maximum absolute atomic E-state index is 6.54. The van der Waals surface area contributed by atoms with Crippen molar-refractivity contribution in [3.8, 4) is 0 Å². The Labute approximate surface area is 190 Å². The number of nitrogens with zero attached hydrogens (tertiary/aromatic N) is 4. The van der Waals surface area contributed by atoms with Crippen LogP contribution in [0.3, 0.4) is 0 Å². The van der Waals surface area contributed by atoms with E-state index in [1.165, 1.54) is 12.8 Å². The number of aromatic nitrogens is 2. The SMILES string of the molecule is CN(CC1CCOCC1)c1cncc(C2=C(Cl)C=NC(NC3CCC(CN)CC3)C2)n1. The molecule has 1 atom stereocenters. The fraction of sp³-hybridized carbons (Fsp3) is 0.696. The van der Waals surface area contributed by atoms with E-state index in [1.807, 2.05) is 12.4 Å². The summed E-state index contributed by atoms with van der Waals surface area (Å²) >= 11 is 6.54. The predicted octanol–water partition coefficient (Wildman–Crippen LogP) is 3.20. The highest BCUT2D eigenvalue weighted by atomic mass is 35.5. The standard InChI is InChI=1S/C23H35ClN6O/c1-30(15-17-6-8-31-9-7-17)23-14-26-13-21(29-23)19-10-22(27-12-20(19)24)28-18-4-2-16(11-25)3-5-18/h12-14,16-18,22,28H,2-11,15,25H2,1H3. The van der Waals surface area contributed by atoms with Crippen LogP contribution < -0.4 is 16.0 Å². The van der Waals surface area contributed by atoms with Gasteiger partial charge in [0.2, 0.25) is 0 Å². The largest absolute Gasteiger partial charge is 0.381 e. The number of aliphatic imine (C=N–C) groups is 1. The molecule has 1 aromatic rings. The molecule has 0 spiro atoms. The van der Waals surface area contributed by atoms with Gasteiger partial charge in [0.25, 0.3) is 0 Å². The molecule has 1 unspecified atom stereocenters. The predicted molar refractivity (Wildman–Crippen MR) is 126 cm³/mol.